The number of anilines is 3. The van der Waals surface area contributed by atoms with Crippen molar-refractivity contribution in [2.75, 3.05) is 11.1 Å². The van der Waals surface area contributed by atoms with Gasteiger partial charge in [0.05, 0.1) is 24.4 Å². The van der Waals surface area contributed by atoms with Crippen molar-refractivity contribution >= 4 is 30.0 Å². The highest BCUT2D eigenvalue weighted by molar-refractivity contribution is 5.85. The largest absolute Gasteiger partial charge is 0.472 e. The number of benzene rings is 1. The summed E-state index contributed by atoms with van der Waals surface area (Å²) in [6.07, 6.45) is 7.90. The summed E-state index contributed by atoms with van der Waals surface area (Å²) < 4.78 is 18.6. The number of rotatable bonds is 5. The van der Waals surface area contributed by atoms with E-state index in [0.29, 0.717) is 17.3 Å². The van der Waals surface area contributed by atoms with Crippen LogP contribution in [0.5, 0.6) is 0 Å². The molecule has 148 valence electrons. The monoisotopic (exact) mass is 412 g/mol. The first-order chi connectivity index (χ1) is 13.6. The number of hydrogen-bond donors (Lipinski definition) is 2. The Labute approximate surface area is 172 Å². The lowest BCUT2D eigenvalue weighted by molar-refractivity contribution is 0.568. The molecule has 29 heavy (non-hydrogen) atoms. The average molecular weight is 413 g/mol. The zero-order chi connectivity index (χ0) is 19.5. The van der Waals surface area contributed by atoms with E-state index in [1.807, 2.05) is 6.92 Å². The van der Waals surface area contributed by atoms with Crippen LogP contribution in [0.2, 0.25) is 0 Å². The fraction of sp³-hybridized carbons (Fsp3) is 0.100. The van der Waals surface area contributed by atoms with E-state index in [9.17, 15) is 4.39 Å². The number of nitrogens with two attached hydrogens (primary N) is 1. The van der Waals surface area contributed by atoms with Crippen LogP contribution >= 0.6 is 12.4 Å². The Kier molecular flexibility index (Phi) is 6.04. The van der Waals surface area contributed by atoms with E-state index in [4.69, 9.17) is 10.2 Å². The van der Waals surface area contributed by atoms with E-state index in [2.05, 4.69) is 25.3 Å². The highest BCUT2D eigenvalue weighted by atomic mass is 35.5. The van der Waals surface area contributed by atoms with Gasteiger partial charge in [0.2, 0.25) is 5.95 Å². The first-order valence-corrected chi connectivity index (χ1v) is 8.60. The van der Waals surface area contributed by atoms with E-state index in [1.165, 1.54) is 12.1 Å². The third-order valence-electron chi connectivity index (χ3n) is 4.37. The summed E-state index contributed by atoms with van der Waals surface area (Å²) in [5.41, 5.74) is 9.05. The van der Waals surface area contributed by atoms with E-state index >= 15 is 0 Å². The van der Waals surface area contributed by atoms with Gasteiger partial charge in [-0.1, -0.05) is 19.1 Å². The van der Waals surface area contributed by atoms with Gasteiger partial charge in [-0.15, -0.1) is 12.4 Å². The molecule has 0 spiro atoms. The molecule has 9 heteroatoms. The van der Waals surface area contributed by atoms with E-state index < -0.39 is 0 Å². The normalized spacial score (nSPS) is 11.5. The van der Waals surface area contributed by atoms with Crippen LogP contribution in [0.15, 0.2) is 65.9 Å². The van der Waals surface area contributed by atoms with Crippen LogP contribution in [0.4, 0.5) is 22.0 Å². The maximum absolute atomic E-state index is 13.4. The molecule has 3 heterocycles. The van der Waals surface area contributed by atoms with Crippen molar-refractivity contribution < 1.29 is 8.81 Å². The molecule has 3 aromatic heterocycles. The molecule has 0 amide bonds. The van der Waals surface area contributed by atoms with E-state index in [0.717, 1.165) is 16.7 Å². The minimum atomic E-state index is -0.294. The highest BCUT2D eigenvalue weighted by Gasteiger charge is 2.23. The van der Waals surface area contributed by atoms with Gasteiger partial charge < -0.3 is 15.5 Å². The van der Waals surface area contributed by atoms with Crippen LogP contribution in [-0.4, -0.2) is 19.9 Å². The third kappa shape index (κ3) is 4.33. The van der Waals surface area contributed by atoms with Gasteiger partial charge in [-0.05, 0) is 23.8 Å². The van der Waals surface area contributed by atoms with Crippen LogP contribution in [0, 0.1) is 5.82 Å². The predicted molar refractivity (Wildman–Crippen MR) is 111 cm³/mol. The second-order valence-electron chi connectivity index (χ2n) is 6.19. The minimum absolute atomic E-state index is 0. The van der Waals surface area contributed by atoms with Crippen molar-refractivity contribution in [3.63, 3.8) is 0 Å². The molecule has 4 rings (SSSR count). The number of halogens is 2. The maximum atomic E-state index is 13.4. The fourth-order valence-corrected chi connectivity index (χ4v) is 3.01. The molecule has 0 bridgehead atoms. The number of aromatic nitrogens is 4. The predicted octanol–water partition coefficient (Wildman–Crippen LogP) is 4.57. The summed E-state index contributed by atoms with van der Waals surface area (Å²) in [6, 6.07) is 8.13. The zero-order valence-electron chi connectivity index (χ0n) is 15.4. The van der Waals surface area contributed by atoms with Gasteiger partial charge in [0.15, 0.2) is 0 Å². The van der Waals surface area contributed by atoms with Crippen LogP contribution < -0.4 is 11.1 Å². The van der Waals surface area contributed by atoms with Gasteiger partial charge in [-0.2, -0.15) is 4.98 Å². The van der Waals surface area contributed by atoms with Crippen LogP contribution in [0.1, 0.15) is 24.0 Å². The van der Waals surface area contributed by atoms with Crippen molar-refractivity contribution in [3.05, 3.63) is 78.4 Å². The second-order valence-corrected chi connectivity index (χ2v) is 6.19. The van der Waals surface area contributed by atoms with Gasteiger partial charge in [-0.3, -0.25) is 4.98 Å². The third-order valence-corrected chi connectivity index (χ3v) is 4.37. The summed E-state index contributed by atoms with van der Waals surface area (Å²) in [5.74, 6) is 0.674. The van der Waals surface area contributed by atoms with E-state index in [1.54, 1.807) is 49.3 Å². The number of nitrogens with one attached hydrogen (secondary N) is 1. The van der Waals surface area contributed by atoms with Gasteiger partial charge in [-0.25, -0.2) is 14.4 Å². The standard InChI is InChI=1S/C20H17FN6O.ClH/c1-12(13-2-4-15(21)5-3-13)17-18(14-6-9-28-11-14)26-20(22)27-19(17)25-16-10-23-7-8-24-16;/h2-12H,1H3,(H3,22,24,25,26,27);1H. The number of nitrogen functional groups attached to an aromatic ring is 1. The van der Waals surface area contributed by atoms with Crippen molar-refractivity contribution in [2.45, 2.75) is 12.8 Å². The Bertz CT molecular complexity index is 1070. The van der Waals surface area contributed by atoms with Gasteiger partial charge in [0.25, 0.3) is 0 Å². The lowest BCUT2D eigenvalue weighted by Crippen LogP contribution is -2.11. The van der Waals surface area contributed by atoms with Crippen molar-refractivity contribution in [1.29, 1.82) is 0 Å². The SMILES string of the molecule is CC(c1ccc(F)cc1)c1c(Nc2cnccn2)nc(N)nc1-c1ccoc1.Cl. The summed E-state index contributed by atoms with van der Waals surface area (Å²) in [4.78, 5) is 17.1. The van der Waals surface area contributed by atoms with Crippen molar-refractivity contribution in [2.24, 2.45) is 0 Å². The Balaban J connectivity index is 0.00000240. The Morgan fingerprint density at radius 1 is 1.10 bits per heavy atom. The van der Waals surface area contributed by atoms with Gasteiger partial charge in [0, 0.05) is 29.4 Å². The molecule has 0 aliphatic heterocycles. The molecule has 0 aliphatic carbocycles. The van der Waals surface area contributed by atoms with Crippen LogP contribution in [-0.2, 0) is 0 Å². The molecule has 0 saturated carbocycles. The molecule has 0 aliphatic rings. The molecule has 0 saturated heterocycles. The molecule has 4 aromatic rings. The molecule has 0 radical (unpaired) electrons. The van der Waals surface area contributed by atoms with Crippen LogP contribution in [0.3, 0.4) is 0 Å². The molecular weight excluding hydrogens is 395 g/mol. The lowest BCUT2D eigenvalue weighted by Gasteiger charge is -2.20. The van der Waals surface area contributed by atoms with Crippen molar-refractivity contribution in [3.8, 4) is 11.3 Å². The topological polar surface area (TPSA) is 103 Å². The minimum Gasteiger partial charge on any atom is -0.472 e. The Morgan fingerprint density at radius 3 is 2.55 bits per heavy atom. The van der Waals surface area contributed by atoms with Gasteiger partial charge in [0.1, 0.15) is 17.5 Å². The van der Waals surface area contributed by atoms with Crippen molar-refractivity contribution in [1.82, 2.24) is 19.9 Å². The Morgan fingerprint density at radius 2 is 1.90 bits per heavy atom. The summed E-state index contributed by atoms with van der Waals surface area (Å²) >= 11 is 0. The summed E-state index contributed by atoms with van der Waals surface area (Å²) in [5, 5.41) is 3.17. The smallest absolute Gasteiger partial charge is 0.222 e. The van der Waals surface area contributed by atoms with Gasteiger partial charge >= 0.3 is 0 Å². The summed E-state index contributed by atoms with van der Waals surface area (Å²) in [6.45, 7) is 1.99. The molecule has 0 fully saturated rings. The zero-order valence-corrected chi connectivity index (χ0v) is 16.2. The lowest BCUT2D eigenvalue weighted by atomic mass is 9.90. The number of furan rings is 1. The molecule has 3 N–H and O–H groups in total. The highest BCUT2D eigenvalue weighted by Crippen LogP contribution is 2.37. The molecule has 1 atom stereocenters. The quantitative estimate of drug-likeness (QED) is 0.495. The molecule has 1 aromatic carbocycles. The molecular formula is C20H18ClFN6O. The van der Waals surface area contributed by atoms with Crippen LogP contribution in [0.25, 0.3) is 11.3 Å². The van der Waals surface area contributed by atoms with E-state index in [-0.39, 0.29) is 30.1 Å². The number of hydrogen-bond acceptors (Lipinski definition) is 7. The molecule has 7 nitrogen and oxygen atoms in total. The second kappa shape index (κ2) is 8.66. The number of nitrogens with zero attached hydrogens (tertiary/aromatic N) is 4. The summed E-state index contributed by atoms with van der Waals surface area (Å²) in [7, 11) is 0. The Hall–Kier alpha value is -3.52. The fourth-order valence-electron chi connectivity index (χ4n) is 3.01. The average Bonchev–Trinajstić information content (AvgIpc) is 3.23. The maximum Gasteiger partial charge on any atom is 0.222 e. The first-order valence-electron chi connectivity index (χ1n) is 8.60. The first kappa shape index (κ1) is 20.2. The molecule has 1 unspecified atom stereocenters.